The zero-order valence-corrected chi connectivity index (χ0v) is 8.46. The van der Waals surface area contributed by atoms with E-state index in [1.807, 2.05) is 12.2 Å². The molecule has 0 spiro atoms. The lowest BCUT2D eigenvalue weighted by atomic mass is 9.99. The Morgan fingerprint density at radius 2 is 1.62 bits per heavy atom. The minimum atomic E-state index is 1.27. The Morgan fingerprint density at radius 3 is 2.08 bits per heavy atom. The molecular weight excluding hydrogens is 156 g/mol. The van der Waals surface area contributed by atoms with Crippen LogP contribution in [0, 0.1) is 27.4 Å². The summed E-state index contributed by atoms with van der Waals surface area (Å²) < 4.78 is 0. The van der Waals surface area contributed by atoms with Gasteiger partial charge in [0.05, 0.1) is 0 Å². The van der Waals surface area contributed by atoms with E-state index in [-0.39, 0.29) is 0 Å². The first-order valence-corrected chi connectivity index (χ1v) is 4.44. The first-order chi connectivity index (χ1) is 6.15. The number of rotatable bonds is 2. The molecule has 0 aliphatic carbocycles. The van der Waals surface area contributed by atoms with Crippen molar-refractivity contribution in [3.05, 3.63) is 53.1 Å². The Kier molecular flexibility index (Phi) is 3.07. The Morgan fingerprint density at radius 1 is 1.08 bits per heavy atom. The molecule has 0 heteroatoms. The molecule has 0 atom stereocenters. The van der Waals surface area contributed by atoms with Gasteiger partial charge in [-0.2, -0.15) is 0 Å². The fourth-order valence-corrected chi connectivity index (χ4v) is 1.61. The first-order valence-electron chi connectivity index (χ1n) is 4.44. The van der Waals surface area contributed by atoms with Crippen LogP contribution in [0.25, 0.3) is 6.08 Å². The normalized spacial score (nSPS) is 10.7. The summed E-state index contributed by atoms with van der Waals surface area (Å²) in [6.07, 6.45) is 5.47. The van der Waals surface area contributed by atoms with Crippen LogP contribution < -0.4 is 0 Å². The van der Waals surface area contributed by atoms with Crippen molar-refractivity contribution >= 4 is 6.08 Å². The molecule has 0 aliphatic heterocycles. The molecule has 0 nitrogen and oxygen atoms in total. The van der Waals surface area contributed by atoms with Gasteiger partial charge >= 0.3 is 0 Å². The lowest BCUT2D eigenvalue weighted by Gasteiger charge is -2.06. The van der Waals surface area contributed by atoms with Crippen molar-refractivity contribution in [3.8, 4) is 0 Å². The number of benzene rings is 1. The van der Waals surface area contributed by atoms with Gasteiger partial charge in [0, 0.05) is 0 Å². The Hall–Kier alpha value is -1.30. The number of hydrogen-bond donors (Lipinski definition) is 0. The summed E-state index contributed by atoms with van der Waals surface area (Å²) in [4.78, 5) is 0. The van der Waals surface area contributed by atoms with Crippen LogP contribution in [0.5, 0.6) is 0 Å². The van der Waals surface area contributed by atoms with Gasteiger partial charge < -0.3 is 0 Å². The Labute approximate surface area is 80.6 Å². The smallest absolute Gasteiger partial charge is 0.0198 e. The highest BCUT2D eigenvalue weighted by Crippen LogP contribution is 2.17. The zero-order valence-electron chi connectivity index (χ0n) is 8.46. The third-order valence-electron chi connectivity index (χ3n) is 2.11. The highest BCUT2D eigenvalue weighted by Gasteiger charge is 1.98. The van der Waals surface area contributed by atoms with E-state index in [0.717, 1.165) is 0 Å². The van der Waals surface area contributed by atoms with E-state index in [0.29, 0.717) is 0 Å². The van der Waals surface area contributed by atoms with Crippen molar-refractivity contribution in [3.63, 3.8) is 0 Å². The molecule has 0 aromatic heterocycles. The van der Waals surface area contributed by atoms with E-state index in [2.05, 4.69) is 32.9 Å². The fourth-order valence-electron chi connectivity index (χ4n) is 1.61. The highest BCUT2D eigenvalue weighted by molar-refractivity contribution is 5.59. The highest BCUT2D eigenvalue weighted by atomic mass is 14.0. The molecule has 13 heavy (non-hydrogen) atoms. The number of hydrogen-bond acceptors (Lipinski definition) is 0. The zero-order chi connectivity index (χ0) is 9.84. The summed E-state index contributed by atoms with van der Waals surface area (Å²) >= 11 is 0. The summed E-state index contributed by atoms with van der Waals surface area (Å²) in [5.41, 5.74) is 5.18. The predicted octanol–water partition coefficient (Wildman–Crippen LogP) is 3.61. The van der Waals surface area contributed by atoms with E-state index < -0.39 is 0 Å². The molecule has 1 aromatic rings. The quantitative estimate of drug-likeness (QED) is 0.596. The van der Waals surface area contributed by atoms with Crippen molar-refractivity contribution in [2.45, 2.75) is 20.8 Å². The average Bonchev–Trinajstić information content (AvgIpc) is 2.02. The molecule has 0 saturated heterocycles. The molecule has 0 unspecified atom stereocenters. The predicted molar refractivity (Wildman–Crippen MR) is 58.6 cm³/mol. The van der Waals surface area contributed by atoms with Crippen molar-refractivity contribution in [2.24, 2.45) is 0 Å². The summed E-state index contributed by atoms with van der Waals surface area (Å²) in [5, 5.41) is 0. The van der Waals surface area contributed by atoms with Gasteiger partial charge in [-0.15, -0.1) is 0 Å². The van der Waals surface area contributed by atoms with Crippen molar-refractivity contribution in [2.75, 3.05) is 0 Å². The standard InChI is InChI=1S/C13H15/c1-5-6-7-13-11(3)8-10(2)9-12(13)4/h1,5-9H,2-4H3. The minimum Gasteiger partial charge on any atom is -0.0623 e. The molecule has 0 heterocycles. The molecule has 1 aromatic carbocycles. The largest absolute Gasteiger partial charge is 0.0623 e. The van der Waals surface area contributed by atoms with Gasteiger partial charge in [0.2, 0.25) is 0 Å². The maximum absolute atomic E-state index is 5.29. The van der Waals surface area contributed by atoms with E-state index in [9.17, 15) is 0 Å². The second-order valence-corrected chi connectivity index (χ2v) is 3.36. The van der Waals surface area contributed by atoms with Gasteiger partial charge in [-0.25, -0.2) is 0 Å². The third kappa shape index (κ3) is 2.32. The van der Waals surface area contributed by atoms with Crippen LogP contribution in [0.3, 0.4) is 0 Å². The van der Waals surface area contributed by atoms with E-state index in [1.165, 1.54) is 22.3 Å². The number of allylic oxidation sites excluding steroid dienone is 2. The van der Waals surface area contributed by atoms with Gasteiger partial charge in [-0.05, 0) is 37.5 Å². The van der Waals surface area contributed by atoms with Gasteiger partial charge in [0.25, 0.3) is 0 Å². The SMILES string of the molecule is [CH]=CC=Cc1c(C)cc(C)cc1C. The van der Waals surface area contributed by atoms with Gasteiger partial charge in [-0.1, -0.05) is 42.5 Å². The topological polar surface area (TPSA) is 0 Å². The summed E-state index contributed by atoms with van der Waals surface area (Å²) in [5.74, 6) is 0. The Bertz CT molecular complexity index is 320. The monoisotopic (exact) mass is 171 g/mol. The number of aryl methyl sites for hydroxylation is 3. The van der Waals surface area contributed by atoms with Crippen molar-refractivity contribution in [1.29, 1.82) is 0 Å². The third-order valence-corrected chi connectivity index (χ3v) is 2.11. The second kappa shape index (κ2) is 4.08. The van der Waals surface area contributed by atoms with Crippen LogP contribution in [0.4, 0.5) is 0 Å². The van der Waals surface area contributed by atoms with Crippen molar-refractivity contribution < 1.29 is 0 Å². The van der Waals surface area contributed by atoms with Gasteiger partial charge in [-0.3, -0.25) is 0 Å². The lowest BCUT2D eigenvalue weighted by molar-refractivity contribution is 1.30. The average molecular weight is 171 g/mol. The summed E-state index contributed by atoms with van der Waals surface area (Å²) in [6, 6.07) is 4.37. The molecule has 0 saturated carbocycles. The molecule has 1 radical (unpaired) electrons. The maximum Gasteiger partial charge on any atom is -0.0198 e. The first kappa shape index (κ1) is 9.79. The van der Waals surface area contributed by atoms with Crippen LogP contribution in [0.2, 0.25) is 0 Å². The van der Waals surface area contributed by atoms with E-state index in [1.54, 1.807) is 6.08 Å². The van der Waals surface area contributed by atoms with E-state index in [4.69, 9.17) is 6.58 Å². The lowest BCUT2D eigenvalue weighted by Crippen LogP contribution is -1.87. The maximum atomic E-state index is 5.29. The molecule has 0 bridgehead atoms. The molecule has 67 valence electrons. The Balaban J connectivity index is 3.20. The molecule has 0 amide bonds. The van der Waals surface area contributed by atoms with Crippen LogP contribution in [-0.2, 0) is 0 Å². The molecule has 1 rings (SSSR count). The minimum absolute atomic E-state index is 1.27. The van der Waals surface area contributed by atoms with Crippen LogP contribution in [-0.4, -0.2) is 0 Å². The van der Waals surface area contributed by atoms with Crippen molar-refractivity contribution in [1.82, 2.24) is 0 Å². The van der Waals surface area contributed by atoms with Crippen LogP contribution >= 0.6 is 0 Å². The second-order valence-electron chi connectivity index (χ2n) is 3.36. The van der Waals surface area contributed by atoms with E-state index >= 15 is 0 Å². The summed E-state index contributed by atoms with van der Waals surface area (Å²) in [6.45, 7) is 11.7. The van der Waals surface area contributed by atoms with Gasteiger partial charge in [0.1, 0.15) is 0 Å². The molecule has 0 N–H and O–H groups in total. The van der Waals surface area contributed by atoms with Gasteiger partial charge in [0.15, 0.2) is 0 Å². The van der Waals surface area contributed by atoms with Crippen LogP contribution in [0.1, 0.15) is 22.3 Å². The molecule has 0 fully saturated rings. The molecular formula is C13H15. The summed E-state index contributed by atoms with van der Waals surface area (Å²) in [7, 11) is 0. The molecule has 0 aliphatic rings. The van der Waals surface area contributed by atoms with Crippen LogP contribution in [0.15, 0.2) is 24.3 Å². The fraction of sp³-hybridized carbons (Fsp3) is 0.231.